The summed E-state index contributed by atoms with van der Waals surface area (Å²) in [5.74, 6) is 0.306. The summed E-state index contributed by atoms with van der Waals surface area (Å²) >= 11 is 5.12. The first kappa shape index (κ1) is 15.5. The maximum absolute atomic E-state index is 11.6. The fourth-order valence-corrected chi connectivity index (χ4v) is 3.09. The maximum atomic E-state index is 11.6. The van der Waals surface area contributed by atoms with E-state index in [4.69, 9.17) is 5.73 Å². The molecule has 0 aromatic heterocycles. The molecule has 0 spiro atoms. The fourth-order valence-electron chi connectivity index (χ4n) is 1.39. The van der Waals surface area contributed by atoms with Crippen LogP contribution in [0.1, 0.15) is 20.3 Å². The Kier molecular flexibility index (Phi) is 6.18. The van der Waals surface area contributed by atoms with E-state index in [0.29, 0.717) is 5.75 Å². The summed E-state index contributed by atoms with van der Waals surface area (Å²) in [6.07, 6.45) is 0.975. The number of benzene rings is 1. The molecule has 1 atom stereocenters. The highest BCUT2D eigenvalue weighted by atomic mass is 79.9. The third-order valence-corrected chi connectivity index (χ3v) is 5.00. The predicted molar refractivity (Wildman–Crippen MR) is 80.8 cm³/mol. The van der Waals surface area contributed by atoms with E-state index in [9.17, 15) is 4.79 Å². The van der Waals surface area contributed by atoms with Crippen LogP contribution in [0.5, 0.6) is 0 Å². The molecule has 0 radical (unpaired) electrons. The molecule has 0 aliphatic heterocycles. The number of hydrogen-bond donors (Lipinski definition) is 2. The molecule has 5 heteroatoms. The Morgan fingerprint density at radius 1 is 1.50 bits per heavy atom. The first-order valence-corrected chi connectivity index (χ1v) is 7.69. The minimum Gasteiger partial charge on any atom is -0.368 e. The summed E-state index contributed by atoms with van der Waals surface area (Å²) in [7, 11) is 0. The van der Waals surface area contributed by atoms with Gasteiger partial charge in [0.05, 0.1) is 0 Å². The van der Waals surface area contributed by atoms with Crippen LogP contribution < -0.4 is 11.1 Å². The van der Waals surface area contributed by atoms with E-state index in [1.165, 1.54) is 0 Å². The molecule has 0 bridgehead atoms. The minimum absolute atomic E-state index is 0.310. The molecule has 0 aliphatic rings. The Balaban J connectivity index is 2.68. The van der Waals surface area contributed by atoms with Gasteiger partial charge < -0.3 is 11.1 Å². The molecule has 0 saturated heterocycles. The first-order valence-electron chi connectivity index (χ1n) is 5.92. The van der Waals surface area contributed by atoms with Crippen LogP contribution in [0, 0.1) is 0 Å². The number of rotatable bonds is 7. The van der Waals surface area contributed by atoms with Crippen molar-refractivity contribution in [3.63, 3.8) is 0 Å². The monoisotopic (exact) mass is 330 g/mol. The van der Waals surface area contributed by atoms with Crippen LogP contribution >= 0.6 is 27.7 Å². The number of carbonyl (C=O) groups excluding carboxylic acids is 1. The molecule has 0 aliphatic carbocycles. The van der Waals surface area contributed by atoms with Crippen molar-refractivity contribution in [1.29, 1.82) is 0 Å². The van der Waals surface area contributed by atoms with Crippen LogP contribution in [0.3, 0.4) is 0 Å². The summed E-state index contributed by atoms with van der Waals surface area (Å²) in [4.78, 5) is 12.7. The lowest BCUT2D eigenvalue weighted by molar-refractivity contribution is -0.122. The normalized spacial score (nSPS) is 14.2. The lowest BCUT2D eigenvalue weighted by Crippen LogP contribution is -2.55. The molecule has 0 fully saturated rings. The Bertz CT molecular complexity index is 414. The van der Waals surface area contributed by atoms with Gasteiger partial charge in [0, 0.05) is 15.1 Å². The Morgan fingerprint density at radius 2 is 2.17 bits per heavy atom. The number of nitrogens with two attached hydrogens (primary N) is 1. The van der Waals surface area contributed by atoms with Gasteiger partial charge in [0.25, 0.3) is 0 Å². The smallest absolute Gasteiger partial charge is 0.238 e. The second-order valence-electron chi connectivity index (χ2n) is 4.34. The van der Waals surface area contributed by atoms with Gasteiger partial charge in [0.15, 0.2) is 0 Å². The van der Waals surface area contributed by atoms with Gasteiger partial charge in [-0.2, -0.15) is 0 Å². The third-order valence-electron chi connectivity index (χ3n) is 2.66. The number of primary amides is 1. The Hall–Kier alpha value is -0.520. The van der Waals surface area contributed by atoms with Crippen LogP contribution in [0.4, 0.5) is 0 Å². The molecular weight excluding hydrogens is 312 g/mol. The largest absolute Gasteiger partial charge is 0.368 e. The molecule has 100 valence electrons. The molecular formula is C13H19BrN2OS. The van der Waals surface area contributed by atoms with E-state index in [1.807, 2.05) is 31.2 Å². The minimum atomic E-state index is -0.671. The summed E-state index contributed by atoms with van der Waals surface area (Å²) < 4.78 is 1.04. The van der Waals surface area contributed by atoms with Gasteiger partial charge in [-0.1, -0.05) is 19.1 Å². The van der Waals surface area contributed by atoms with Crippen molar-refractivity contribution in [3.05, 3.63) is 28.7 Å². The Labute approximate surface area is 121 Å². The summed E-state index contributed by atoms with van der Waals surface area (Å²) in [6.45, 7) is 4.71. The van der Waals surface area contributed by atoms with Crippen molar-refractivity contribution in [2.24, 2.45) is 5.73 Å². The van der Waals surface area contributed by atoms with E-state index < -0.39 is 5.54 Å². The average molecular weight is 331 g/mol. The highest BCUT2D eigenvalue weighted by Gasteiger charge is 2.30. The lowest BCUT2D eigenvalue weighted by atomic mass is 10.1. The molecule has 18 heavy (non-hydrogen) atoms. The molecule has 0 heterocycles. The van der Waals surface area contributed by atoms with Crippen molar-refractivity contribution in [3.8, 4) is 0 Å². The molecule has 1 amide bonds. The van der Waals surface area contributed by atoms with Crippen molar-refractivity contribution in [2.45, 2.75) is 30.7 Å². The van der Waals surface area contributed by atoms with Crippen molar-refractivity contribution >= 4 is 33.6 Å². The molecule has 1 aromatic rings. The van der Waals surface area contributed by atoms with E-state index in [0.717, 1.165) is 22.3 Å². The van der Waals surface area contributed by atoms with Crippen LogP contribution in [0.15, 0.2) is 33.6 Å². The number of nitrogens with one attached hydrogen (secondary N) is 1. The number of amides is 1. The maximum Gasteiger partial charge on any atom is 0.238 e. The van der Waals surface area contributed by atoms with Gasteiger partial charge in [0.1, 0.15) is 5.54 Å². The number of carbonyl (C=O) groups is 1. The summed E-state index contributed by atoms with van der Waals surface area (Å²) in [5, 5.41) is 3.22. The quantitative estimate of drug-likeness (QED) is 0.756. The van der Waals surface area contributed by atoms with Crippen LogP contribution in [0.25, 0.3) is 0 Å². The number of thioether (sulfide) groups is 1. The standard InChI is InChI=1S/C13H19BrN2OS/c1-3-8-16-13(2,12(15)17)9-18-11-7-5-4-6-10(11)14/h4-7,16H,3,8-9H2,1-2H3,(H2,15,17). The second kappa shape index (κ2) is 7.16. The molecule has 0 saturated carbocycles. The van der Waals surface area contributed by atoms with Crippen LogP contribution in [0.2, 0.25) is 0 Å². The number of hydrogen-bond acceptors (Lipinski definition) is 3. The highest BCUT2D eigenvalue weighted by molar-refractivity contribution is 9.10. The summed E-state index contributed by atoms with van der Waals surface area (Å²) in [5.41, 5.74) is 4.82. The van der Waals surface area contributed by atoms with E-state index in [2.05, 4.69) is 28.2 Å². The van der Waals surface area contributed by atoms with Gasteiger partial charge >= 0.3 is 0 Å². The van der Waals surface area contributed by atoms with Crippen LogP contribution in [-0.4, -0.2) is 23.7 Å². The fraction of sp³-hybridized carbons (Fsp3) is 0.462. The molecule has 3 N–H and O–H groups in total. The van der Waals surface area contributed by atoms with Gasteiger partial charge in [-0.3, -0.25) is 4.79 Å². The molecule has 3 nitrogen and oxygen atoms in total. The van der Waals surface area contributed by atoms with Crippen LogP contribution in [-0.2, 0) is 4.79 Å². The predicted octanol–water partition coefficient (Wildman–Crippen LogP) is 2.78. The molecule has 1 rings (SSSR count). The van der Waals surface area contributed by atoms with Crippen molar-refractivity contribution in [1.82, 2.24) is 5.32 Å². The van der Waals surface area contributed by atoms with E-state index in [-0.39, 0.29) is 5.91 Å². The zero-order chi connectivity index (χ0) is 13.6. The van der Waals surface area contributed by atoms with Gasteiger partial charge in [-0.15, -0.1) is 11.8 Å². The zero-order valence-corrected chi connectivity index (χ0v) is 13.1. The molecule has 1 aromatic carbocycles. The second-order valence-corrected chi connectivity index (χ2v) is 6.21. The van der Waals surface area contributed by atoms with Gasteiger partial charge in [0.2, 0.25) is 5.91 Å². The zero-order valence-electron chi connectivity index (χ0n) is 10.7. The van der Waals surface area contributed by atoms with Gasteiger partial charge in [-0.25, -0.2) is 0 Å². The topological polar surface area (TPSA) is 55.1 Å². The van der Waals surface area contributed by atoms with Crippen molar-refractivity contribution < 1.29 is 4.79 Å². The molecule has 1 unspecified atom stereocenters. The summed E-state index contributed by atoms with van der Waals surface area (Å²) in [6, 6.07) is 7.96. The van der Waals surface area contributed by atoms with E-state index >= 15 is 0 Å². The average Bonchev–Trinajstić information content (AvgIpc) is 2.35. The van der Waals surface area contributed by atoms with Gasteiger partial charge in [-0.05, 0) is 48.0 Å². The van der Waals surface area contributed by atoms with Crippen molar-refractivity contribution in [2.75, 3.05) is 12.3 Å². The SMILES string of the molecule is CCCNC(C)(CSc1ccccc1Br)C(N)=O. The Morgan fingerprint density at radius 3 is 2.72 bits per heavy atom. The lowest BCUT2D eigenvalue weighted by Gasteiger charge is -2.27. The number of halogens is 1. The third kappa shape index (κ3) is 4.30. The first-order chi connectivity index (χ1) is 8.49. The van der Waals surface area contributed by atoms with E-state index in [1.54, 1.807) is 11.8 Å². The highest BCUT2D eigenvalue weighted by Crippen LogP contribution is 2.29.